The molecule has 0 bridgehead atoms. The molecule has 1 N–H and O–H groups in total. The van der Waals surface area contributed by atoms with E-state index in [4.69, 9.17) is 10.00 Å². The second kappa shape index (κ2) is 4.49. The highest BCUT2D eigenvalue weighted by Crippen LogP contribution is 2.26. The largest absolute Gasteiger partial charge is 0.426 e. The topological polar surface area (TPSA) is 74.5 Å². The van der Waals surface area contributed by atoms with E-state index in [1.165, 1.54) is 13.0 Å². The maximum Gasteiger partial charge on any atom is 0.308 e. The normalized spacial score (nSPS) is 13.2. The Morgan fingerprint density at radius 1 is 1.47 bits per heavy atom. The predicted molar refractivity (Wildman–Crippen MR) is 62.9 cm³/mol. The van der Waals surface area contributed by atoms with E-state index in [2.05, 4.69) is 10.5 Å². The van der Waals surface area contributed by atoms with Crippen LogP contribution < -0.4 is 5.43 Å². The molecule has 0 saturated carbocycles. The molecule has 5 nitrogen and oxygen atoms in total. The van der Waals surface area contributed by atoms with Gasteiger partial charge in [0, 0.05) is 18.6 Å². The molecule has 2 rings (SSSR count). The smallest absolute Gasteiger partial charge is 0.308 e. The number of anilines is 1. The predicted octanol–water partition coefficient (Wildman–Crippen LogP) is 1.90. The first kappa shape index (κ1) is 10.9. The Kier molecular flexibility index (Phi) is 2.88. The summed E-state index contributed by atoms with van der Waals surface area (Å²) in [7, 11) is 0. The summed E-state index contributed by atoms with van der Waals surface area (Å²) in [5.74, 6) is -0.122. The fourth-order valence-electron chi connectivity index (χ4n) is 1.45. The van der Waals surface area contributed by atoms with E-state index in [0.29, 0.717) is 17.0 Å². The number of nitrogens with one attached hydrogen (secondary N) is 1. The highest BCUT2D eigenvalue weighted by atomic mass is 16.5. The van der Waals surface area contributed by atoms with Crippen molar-refractivity contribution in [3.05, 3.63) is 35.9 Å². The summed E-state index contributed by atoms with van der Waals surface area (Å²) in [5.41, 5.74) is 4.28. The summed E-state index contributed by atoms with van der Waals surface area (Å²) in [6.45, 7) is 1.31. The molecular formula is C12H9N3O2. The van der Waals surface area contributed by atoms with Crippen molar-refractivity contribution in [3.8, 4) is 6.07 Å². The Labute approximate surface area is 98.0 Å². The lowest BCUT2D eigenvalue weighted by molar-refractivity contribution is -0.134. The number of carbonyl (C=O) groups excluding carboxylic acids is 1. The first-order chi connectivity index (χ1) is 8.20. The lowest BCUT2D eigenvalue weighted by Gasteiger charge is -2.08. The molecule has 1 aliphatic heterocycles. The number of nitrogens with zero attached hydrogens (tertiary/aromatic N) is 2. The molecular weight excluding hydrogens is 218 g/mol. The van der Waals surface area contributed by atoms with Crippen LogP contribution in [-0.2, 0) is 9.53 Å². The second-order valence-electron chi connectivity index (χ2n) is 3.37. The number of rotatable bonds is 1. The van der Waals surface area contributed by atoms with Gasteiger partial charge in [0.05, 0.1) is 5.69 Å². The molecule has 5 heteroatoms. The number of hydrogen-bond donors (Lipinski definition) is 1. The minimum absolute atomic E-state index is 0.150. The van der Waals surface area contributed by atoms with Gasteiger partial charge in [-0.2, -0.15) is 10.4 Å². The van der Waals surface area contributed by atoms with E-state index in [-0.39, 0.29) is 5.71 Å². The fraction of sp³-hybridized carbons (Fsp3) is 0.0833. The number of nitriles is 1. The van der Waals surface area contributed by atoms with Gasteiger partial charge in [-0.15, -0.1) is 0 Å². The Balaban J connectivity index is 2.51. The first-order valence-corrected chi connectivity index (χ1v) is 4.94. The summed E-state index contributed by atoms with van der Waals surface area (Å²) < 4.78 is 5.08. The van der Waals surface area contributed by atoms with Crippen LogP contribution in [0.15, 0.2) is 35.4 Å². The first-order valence-electron chi connectivity index (χ1n) is 4.94. The molecule has 0 aromatic heterocycles. The van der Waals surface area contributed by atoms with E-state index in [1.807, 2.05) is 18.2 Å². The molecule has 0 radical (unpaired) electrons. The highest BCUT2D eigenvalue weighted by molar-refractivity contribution is 6.12. The maximum absolute atomic E-state index is 11.0. The Morgan fingerprint density at radius 2 is 2.24 bits per heavy atom. The molecule has 0 amide bonds. The van der Waals surface area contributed by atoms with Gasteiger partial charge in [-0.1, -0.05) is 12.1 Å². The number of para-hydroxylation sites is 1. The van der Waals surface area contributed by atoms with Crippen LogP contribution in [0.2, 0.25) is 0 Å². The molecule has 0 unspecified atom stereocenters. The number of hydrazone groups is 1. The third-order valence-electron chi connectivity index (χ3n) is 2.13. The molecule has 0 fully saturated rings. The molecule has 84 valence electrons. The van der Waals surface area contributed by atoms with Crippen molar-refractivity contribution in [1.82, 2.24) is 0 Å². The number of fused-ring (bicyclic) bond motifs is 1. The van der Waals surface area contributed by atoms with Crippen molar-refractivity contribution < 1.29 is 9.53 Å². The molecule has 1 heterocycles. The van der Waals surface area contributed by atoms with Crippen LogP contribution in [0.5, 0.6) is 0 Å². The van der Waals surface area contributed by atoms with E-state index in [1.54, 1.807) is 12.1 Å². The molecule has 0 spiro atoms. The van der Waals surface area contributed by atoms with Crippen molar-refractivity contribution >= 4 is 23.1 Å². The zero-order valence-electron chi connectivity index (χ0n) is 9.10. The standard InChI is InChI=1S/C12H9N3O2/c1-8(16)17-12-6-9(7-13)14-15-11-5-3-2-4-10(11)12/h2-6,15H,1H3. The molecule has 1 aromatic carbocycles. The van der Waals surface area contributed by atoms with Crippen LogP contribution in [0, 0.1) is 11.3 Å². The number of ether oxygens (including phenoxy) is 1. The van der Waals surface area contributed by atoms with Crippen LogP contribution in [0.3, 0.4) is 0 Å². The van der Waals surface area contributed by atoms with Crippen molar-refractivity contribution in [3.63, 3.8) is 0 Å². The molecule has 1 aromatic rings. The lowest BCUT2D eigenvalue weighted by atomic mass is 10.1. The lowest BCUT2D eigenvalue weighted by Crippen LogP contribution is -2.00. The minimum atomic E-state index is -0.440. The maximum atomic E-state index is 11.0. The van der Waals surface area contributed by atoms with Gasteiger partial charge < -0.3 is 4.74 Å². The third-order valence-corrected chi connectivity index (χ3v) is 2.13. The molecule has 0 atom stereocenters. The molecule has 1 aliphatic rings. The number of esters is 1. The van der Waals surface area contributed by atoms with Gasteiger partial charge in [0.1, 0.15) is 11.8 Å². The molecule has 0 saturated heterocycles. The third kappa shape index (κ3) is 2.32. The van der Waals surface area contributed by atoms with Crippen molar-refractivity contribution in [1.29, 1.82) is 5.26 Å². The number of benzene rings is 1. The number of carbonyl (C=O) groups is 1. The summed E-state index contributed by atoms with van der Waals surface area (Å²) in [6, 6.07) is 9.11. The Morgan fingerprint density at radius 3 is 2.94 bits per heavy atom. The van der Waals surface area contributed by atoms with Gasteiger partial charge in [-0.25, -0.2) is 0 Å². The Bertz CT molecular complexity index is 567. The van der Waals surface area contributed by atoms with Crippen LogP contribution in [0.4, 0.5) is 5.69 Å². The molecule has 0 aliphatic carbocycles. The van der Waals surface area contributed by atoms with Crippen molar-refractivity contribution in [2.75, 3.05) is 5.43 Å². The van der Waals surface area contributed by atoms with E-state index >= 15 is 0 Å². The SMILES string of the molecule is CC(=O)OC1=CC(C#N)=NNc2ccccc21. The summed E-state index contributed by atoms with van der Waals surface area (Å²) >= 11 is 0. The van der Waals surface area contributed by atoms with E-state index in [9.17, 15) is 4.79 Å². The van der Waals surface area contributed by atoms with E-state index < -0.39 is 5.97 Å². The number of allylic oxidation sites excluding steroid dienone is 1. The van der Waals surface area contributed by atoms with Gasteiger partial charge in [-0.3, -0.25) is 10.2 Å². The van der Waals surface area contributed by atoms with Crippen LogP contribution in [0.1, 0.15) is 12.5 Å². The van der Waals surface area contributed by atoms with Crippen LogP contribution in [0.25, 0.3) is 5.76 Å². The highest BCUT2D eigenvalue weighted by Gasteiger charge is 2.14. The Hall–Kier alpha value is -2.61. The van der Waals surface area contributed by atoms with Gasteiger partial charge in [-0.05, 0) is 12.1 Å². The van der Waals surface area contributed by atoms with Gasteiger partial charge in [0.15, 0.2) is 5.71 Å². The summed E-state index contributed by atoms with van der Waals surface area (Å²) in [5, 5.41) is 12.7. The minimum Gasteiger partial charge on any atom is -0.426 e. The quantitative estimate of drug-likeness (QED) is 0.743. The summed E-state index contributed by atoms with van der Waals surface area (Å²) in [4.78, 5) is 11.0. The zero-order valence-corrected chi connectivity index (χ0v) is 9.10. The second-order valence-corrected chi connectivity index (χ2v) is 3.37. The van der Waals surface area contributed by atoms with Gasteiger partial charge in [0.2, 0.25) is 0 Å². The van der Waals surface area contributed by atoms with Crippen molar-refractivity contribution in [2.24, 2.45) is 5.10 Å². The van der Waals surface area contributed by atoms with E-state index in [0.717, 1.165) is 0 Å². The van der Waals surface area contributed by atoms with Gasteiger partial charge in [0.25, 0.3) is 0 Å². The fourth-order valence-corrected chi connectivity index (χ4v) is 1.45. The molecule has 17 heavy (non-hydrogen) atoms. The van der Waals surface area contributed by atoms with Gasteiger partial charge >= 0.3 is 5.97 Å². The van der Waals surface area contributed by atoms with Crippen LogP contribution >= 0.6 is 0 Å². The monoisotopic (exact) mass is 227 g/mol. The number of hydrogen-bond acceptors (Lipinski definition) is 5. The average Bonchev–Trinajstić information content (AvgIpc) is 2.49. The average molecular weight is 227 g/mol. The van der Waals surface area contributed by atoms with Crippen LogP contribution in [-0.4, -0.2) is 11.7 Å². The summed E-state index contributed by atoms with van der Waals surface area (Å²) in [6.07, 6.45) is 1.43. The van der Waals surface area contributed by atoms with Crippen molar-refractivity contribution in [2.45, 2.75) is 6.92 Å². The zero-order chi connectivity index (χ0) is 12.3.